The van der Waals surface area contributed by atoms with E-state index in [0.717, 1.165) is 34.0 Å². The number of hydrogen-bond donors (Lipinski definition) is 0. The second-order valence-electron chi connectivity index (χ2n) is 14.2. The summed E-state index contributed by atoms with van der Waals surface area (Å²) in [6, 6.07) is 48.4. The fraction of sp³-hybridized carbons (Fsp3) is 0.125. The first-order chi connectivity index (χ1) is 25.1. The van der Waals surface area contributed by atoms with Crippen molar-refractivity contribution in [2.75, 3.05) is 4.90 Å². The van der Waals surface area contributed by atoms with Crippen molar-refractivity contribution in [3.05, 3.63) is 180 Å². The summed E-state index contributed by atoms with van der Waals surface area (Å²) in [6.45, 7) is 4.71. The summed E-state index contributed by atoms with van der Waals surface area (Å²) in [5, 5.41) is 6.02. The molecule has 0 spiro atoms. The summed E-state index contributed by atoms with van der Waals surface area (Å²) in [6.07, 6.45) is 12.5. The van der Waals surface area contributed by atoms with Crippen LogP contribution in [-0.4, -0.2) is 4.57 Å². The van der Waals surface area contributed by atoms with Gasteiger partial charge >= 0.3 is 0 Å². The summed E-state index contributed by atoms with van der Waals surface area (Å²) >= 11 is 0. The Balaban J connectivity index is 1.27. The molecule has 2 heterocycles. The summed E-state index contributed by atoms with van der Waals surface area (Å²) < 4.78 is 8.97. The molecule has 10 rings (SSSR count). The summed E-state index contributed by atoms with van der Waals surface area (Å²) in [4.78, 5) is 2.53. The van der Waals surface area contributed by atoms with Gasteiger partial charge < -0.3 is 13.9 Å². The Bertz CT molecular complexity index is 2720. The van der Waals surface area contributed by atoms with E-state index in [2.05, 4.69) is 187 Å². The fourth-order valence-electron chi connectivity index (χ4n) is 8.68. The molecule has 0 bridgehead atoms. The molecule has 6 aromatic carbocycles. The SMILES string of the molecule is CC1Cc2c(c3cc(C4C=CC=CC4C)ccc3n2-c2ccccc2)C=C1N(c1cccc2ccccc12)c1cccc2oc3ccccc3c12. The molecule has 0 radical (unpaired) electrons. The maximum atomic E-state index is 6.47. The van der Waals surface area contributed by atoms with Gasteiger partial charge in [0.1, 0.15) is 11.2 Å². The molecule has 8 aromatic rings. The number of anilines is 2. The molecule has 3 heteroatoms. The number of furan rings is 1. The van der Waals surface area contributed by atoms with E-state index in [1.807, 2.05) is 0 Å². The molecule has 0 amide bonds. The molecule has 0 aliphatic heterocycles. The maximum Gasteiger partial charge on any atom is 0.137 e. The second-order valence-corrected chi connectivity index (χ2v) is 14.2. The molecule has 3 nitrogen and oxygen atoms in total. The van der Waals surface area contributed by atoms with Gasteiger partial charge in [0, 0.05) is 50.6 Å². The largest absolute Gasteiger partial charge is 0.456 e. The minimum Gasteiger partial charge on any atom is -0.456 e. The zero-order valence-electron chi connectivity index (χ0n) is 28.8. The van der Waals surface area contributed by atoms with E-state index in [4.69, 9.17) is 4.42 Å². The van der Waals surface area contributed by atoms with E-state index in [1.165, 1.54) is 55.6 Å². The highest BCUT2D eigenvalue weighted by Gasteiger charge is 2.32. The minimum absolute atomic E-state index is 0.225. The van der Waals surface area contributed by atoms with Crippen molar-refractivity contribution in [2.45, 2.75) is 26.2 Å². The molecule has 0 saturated carbocycles. The Morgan fingerprint density at radius 1 is 0.647 bits per heavy atom. The number of fused-ring (bicyclic) bond motifs is 7. The average Bonchev–Trinajstić information content (AvgIpc) is 3.71. The Hall–Kier alpha value is -6.06. The number of benzene rings is 6. The highest BCUT2D eigenvalue weighted by molar-refractivity contribution is 6.14. The van der Waals surface area contributed by atoms with Crippen LogP contribution in [0.15, 0.2) is 168 Å². The predicted octanol–water partition coefficient (Wildman–Crippen LogP) is 12.9. The standard InChI is InChI=1S/C48H38N2O/c1-31-14-6-8-19-36(31)34-26-27-42-39(29-34)40-30-44(32(2)28-45(40)49(42)35-17-4-3-5-18-35)50(41-22-12-16-33-15-7-9-20-37(33)41)43-23-13-25-47-48(43)38-21-10-11-24-46(38)51-47/h3-27,29-32,36H,28H2,1-2H3. The van der Waals surface area contributed by atoms with Crippen LogP contribution in [0, 0.1) is 11.8 Å². The fourth-order valence-corrected chi connectivity index (χ4v) is 8.68. The van der Waals surface area contributed by atoms with Crippen molar-refractivity contribution >= 4 is 61.1 Å². The van der Waals surface area contributed by atoms with E-state index < -0.39 is 0 Å². The number of allylic oxidation sites excluding steroid dienone is 5. The van der Waals surface area contributed by atoms with Crippen LogP contribution in [0.3, 0.4) is 0 Å². The van der Waals surface area contributed by atoms with E-state index in [9.17, 15) is 0 Å². The van der Waals surface area contributed by atoms with Gasteiger partial charge in [-0.25, -0.2) is 0 Å². The molecular weight excluding hydrogens is 621 g/mol. The smallest absolute Gasteiger partial charge is 0.137 e. The van der Waals surface area contributed by atoms with Crippen molar-refractivity contribution in [3.63, 3.8) is 0 Å². The van der Waals surface area contributed by atoms with Crippen LogP contribution in [-0.2, 0) is 6.42 Å². The number of hydrogen-bond acceptors (Lipinski definition) is 2. The van der Waals surface area contributed by atoms with Gasteiger partial charge in [-0.1, -0.05) is 123 Å². The predicted molar refractivity (Wildman–Crippen MR) is 214 cm³/mol. The minimum atomic E-state index is 0.225. The van der Waals surface area contributed by atoms with Gasteiger partial charge in [-0.05, 0) is 77.9 Å². The highest BCUT2D eigenvalue weighted by atomic mass is 16.3. The van der Waals surface area contributed by atoms with Crippen molar-refractivity contribution in [2.24, 2.45) is 11.8 Å². The molecular formula is C48H38N2O. The lowest BCUT2D eigenvalue weighted by Gasteiger charge is -2.35. The van der Waals surface area contributed by atoms with Crippen LogP contribution >= 0.6 is 0 Å². The number of aromatic nitrogens is 1. The monoisotopic (exact) mass is 658 g/mol. The number of nitrogens with zero attached hydrogens (tertiary/aromatic N) is 2. The molecule has 51 heavy (non-hydrogen) atoms. The highest BCUT2D eigenvalue weighted by Crippen LogP contribution is 2.48. The van der Waals surface area contributed by atoms with Crippen molar-refractivity contribution < 1.29 is 4.42 Å². The van der Waals surface area contributed by atoms with Gasteiger partial charge in [0.15, 0.2) is 0 Å². The normalized spacial score (nSPS) is 18.5. The second kappa shape index (κ2) is 11.8. The number of rotatable bonds is 5. The van der Waals surface area contributed by atoms with Crippen LogP contribution in [0.5, 0.6) is 0 Å². The van der Waals surface area contributed by atoms with Gasteiger partial charge in [-0.2, -0.15) is 0 Å². The maximum absolute atomic E-state index is 6.47. The third kappa shape index (κ3) is 4.72. The lowest BCUT2D eigenvalue weighted by molar-refractivity contribution is 0.636. The third-order valence-electron chi connectivity index (χ3n) is 11.1. The Kier molecular flexibility index (Phi) is 6.89. The van der Waals surface area contributed by atoms with Gasteiger partial charge in [0.2, 0.25) is 0 Å². The third-order valence-corrected chi connectivity index (χ3v) is 11.1. The van der Waals surface area contributed by atoms with E-state index in [1.54, 1.807) is 0 Å². The van der Waals surface area contributed by atoms with Crippen LogP contribution in [0.1, 0.15) is 36.6 Å². The van der Waals surface area contributed by atoms with Crippen molar-refractivity contribution in [1.29, 1.82) is 0 Å². The zero-order valence-corrected chi connectivity index (χ0v) is 28.8. The topological polar surface area (TPSA) is 21.3 Å². The average molecular weight is 659 g/mol. The van der Waals surface area contributed by atoms with Crippen molar-refractivity contribution in [3.8, 4) is 5.69 Å². The quantitative estimate of drug-likeness (QED) is 0.184. The van der Waals surface area contributed by atoms with Gasteiger partial charge in [0.05, 0.1) is 22.3 Å². The zero-order chi connectivity index (χ0) is 34.1. The van der Waals surface area contributed by atoms with E-state index >= 15 is 0 Å². The Labute approximate surface area is 298 Å². The molecule has 2 aromatic heterocycles. The summed E-state index contributed by atoms with van der Waals surface area (Å²) in [5.41, 5.74) is 11.9. The van der Waals surface area contributed by atoms with Crippen LogP contribution in [0.4, 0.5) is 11.4 Å². The van der Waals surface area contributed by atoms with Gasteiger partial charge in [-0.15, -0.1) is 0 Å². The van der Waals surface area contributed by atoms with Gasteiger partial charge in [0.25, 0.3) is 0 Å². The molecule has 0 N–H and O–H groups in total. The van der Waals surface area contributed by atoms with E-state index in [-0.39, 0.29) is 5.92 Å². The molecule has 3 atom stereocenters. The lowest BCUT2D eigenvalue weighted by atomic mass is 9.83. The lowest BCUT2D eigenvalue weighted by Crippen LogP contribution is -2.26. The van der Waals surface area contributed by atoms with Crippen molar-refractivity contribution in [1.82, 2.24) is 4.57 Å². The first-order valence-electron chi connectivity index (χ1n) is 18.1. The van der Waals surface area contributed by atoms with Gasteiger partial charge in [-0.3, -0.25) is 0 Å². The van der Waals surface area contributed by atoms with Crippen LogP contribution in [0.2, 0.25) is 0 Å². The molecule has 2 aliphatic rings. The van der Waals surface area contributed by atoms with E-state index in [0.29, 0.717) is 11.8 Å². The number of para-hydroxylation sites is 2. The Morgan fingerprint density at radius 2 is 1.37 bits per heavy atom. The van der Waals surface area contributed by atoms with Crippen LogP contribution in [0.25, 0.3) is 55.4 Å². The molecule has 2 aliphatic carbocycles. The summed E-state index contributed by atoms with van der Waals surface area (Å²) in [7, 11) is 0. The molecule has 0 fully saturated rings. The molecule has 0 saturated heterocycles. The molecule has 3 unspecified atom stereocenters. The Morgan fingerprint density at radius 3 is 2.25 bits per heavy atom. The molecule has 246 valence electrons. The summed E-state index contributed by atoms with van der Waals surface area (Å²) in [5.74, 6) is 1.01. The van der Waals surface area contributed by atoms with Crippen LogP contribution < -0.4 is 4.90 Å². The first-order valence-corrected chi connectivity index (χ1v) is 18.1. The first kappa shape index (κ1) is 29.8.